The number of ether oxygens (including phenoxy) is 1. The topological polar surface area (TPSA) is 74.2 Å². The predicted octanol–water partition coefficient (Wildman–Crippen LogP) is 2.03. The molecule has 2 atom stereocenters. The highest BCUT2D eigenvalue weighted by Gasteiger charge is 2.32. The Kier molecular flexibility index (Phi) is 4.98. The first-order chi connectivity index (χ1) is 9.49. The van der Waals surface area contributed by atoms with E-state index in [0.717, 1.165) is 19.3 Å². The van der Waals surface area contributed by atoms with Crippen molar-refractivity contribution < 1.29 is 22.4 Å². The quantitative estimate of drug-likeness (QED) is 0.812. The van der Waals surface area contributed by atoms with Gasteiger partial charge in [0.25, 0.3) is 0 Å². The summed E-state index contributed by atoms with van der Waals surface area (Å²) in [5.74, 6) is 1.45. The van der Waals surface area contributed by atoms with Crippen molar-refractivity contribution in [2.24, 2.45) is 11.7 Å². The molecule has 0 spiro atoms. The van der Waals surface area contributed by atoms with Crippen molar-refractivity contribution in [1.82, 2.24) is 10.1 Å². The van der Waals surface area contributed by atoms with Gasteiger partial charge in [0, 0.05) is 12.3 Å². The van der Waals surface area contributed by atoms with E-state index in [0.29, 0.717) is 24.2 Å². The van der Waals surface area contributed by atoms with Gasteiger partial charge in [-0.15, -0.1) is 0 Å². The van der Waals surface area contributed by atoms with Crippen molar-refractivity contribution >= 4 is 0 Å². The third kappa shape index (κ3) is 4.17. The number of hydrogen-bond acceptors (Lipinski definition) is 5. The monoisotopic (exact) mass is 293 g/mol. The third-order valence-electron chi connectivity index (χ3n) is 3.50. The molecule has 114 valence electrons. The Morgan fingerprint density at radius 2 is 2.15 bits per heavy atom. The second-order valence-electron chi connectivity index (χ2n) is 5.00. The molecule has 1 aromatic rings. The summed E-state index contributed by atoms with van der Waals surface area (Å²) in [6.45, 7) is -0.754. The van der Waals surface area contributed by atoms with Crippen molar-refractivity contribution in [3.63, 3.8) is 0 Å². The van der Waals surface area contributed by atoms with Gasteiger partial charge in [0.2, 0.25) is 5.89 Å². The van der Waals surface area contributed by atoms with Crippen LogP contribution in [0.3, 0.4) is 0 Å². The van der Waals surface area contributed by atoms with Crippen molar-refractivity contribution in [3.8, 4) is 0 Å². The maximum Gasteiger partial charge on any atom is 0.411 e. The molecule has 20 heavy (non-hydrogen) atoms. The minimum Gasteiger partial charge on any atom is -0.372 e. The molecule has 2 unspecified atom stereocenters. The summed E-state index contributed by atoms with van der Waals surface area (Å²) in [6.07, 6.45) is -0.999. The summed E-state index contributed by atoms with van der Waals surface area (Å²) >= 11 is 0. The lowest BCUT2D eigenvalue weighted by atomic mass is 9.96. The number of halogens is 3. The Labute approximate surface area is 114 Å². The Balaban J connectivity index is 1.80. The molecule has 8 heteroatoms. The second kappa shape index (κ2) is 6.53. The zero-order valence-corrected chi connectivity index (χ0v) is 11.0. The van der Waals surface area contributed by atoms with Gasteiger partial charge in [-0.05, 0) is 25.3 Å². The van der Waals surface area contributed by atoms with Crippen LogP contribution in [0, 0.1) is 5.92 Å². The number of rotatable bonds is 6. The molecule has 1 saturated carbocycles. The van der Waals surface area contributed by atoms with Crippen LogP contribution < -0.4 is 5.73 Å². The molecular formula is C12H18F3N3O2. The Morgan fingerprint density at radius 1 is 1.35 bits per heavy atom. The van der Waals surface area contributed by atoms with Crippen molar-refractivity contribution in [2.75, 3.05) is 19.8 Å². The maximum absolute atomic E-state index is 11.9. The Bertz CT molecular complexity index is 422. The fraction of sp³-hybridized carbons (Fsp3) is 0.833. The predicted molar refractivity (Wildman–Crippen MR) is 64.0 cm³/mol. The molecule has 1 aliphatic carbocycles. The lowest BCUT2D eigenvalue weighted by molar-refractivity contribution is -0.173. The van der Waals surface area contributed by atoms with Crippen LogP contribution in [-0.4, -0.2) is 36.1 Å². The zero-order chi connectivity index (χ0) is 14.6. The van der Waals surface area contributed by atoms with E-state index in [1.165, 1.54) is 0 Å². The largest absolute Gasteiger partial charge is 0.411 e. The summed E-state index contributed by atoms with van der Waals surface area (Å²) in [5.41, 5.74) is 5.69. The van der Waals surface area contributed by atoms with Crippen LogP contribution in [0.2, 0.25) is 0 Å². The molecule has 0 aliphatic heterocycles. The van der Waals surface area contributed by atoms with Crippen LogP contribution >= 0.6 is 0 Å². The van der Waals surface area contributed by atoms with Gasteiger partial charge in [-0.1, -0.05) is 11.6 Å². The van der Waals surface area contributed by atoms with Crippen LogP contribution in [0.15, 0.2) is 4.52 Å². The van der Waals surface area contributed by atoms with Crippen LogP contribution in [0.25, 0.3) is 0 Å². The first kappa shape index (κ1) is 15.2. The highest BCUT2D eigenvalue weighted by molar-refractivity contribution is 5.00. The molecule has 2 N–H and O–H groups in total. The van der Waals surface area contributed by atoms with E-state index < -0.39 is 12.8 Å². The average molecular weight is 293 g/mol. The lowest BCUT2D eigenvalue weighted by Crippen LogP contribution is -2.18. The first-order valence-electron chi connectivity index (χ1n) is 6.66. The molecule has 1 heterocycles. The zero-order valence-electron chi connectivity index (χ0n) is 11.0. The number of nitrogens with two attached hydrogens (primary N) is 1. The summed E-state index contributed by atoms with van der Waals surface area (Å²) in [4.78, 5) is 4.23. The highest BCUT2D eigenvalue weighted by atomic mass is 19.4. The summed E-state index contributed by atoms with van der Waals surface area (Å²) in [5, 5.41) is 3.78. The van der Waals surface area contributed by atoms with Crippen LogP contribution in [0.4, 0.5) is 13.2 Å². The van der Waals surface area contributed by atoms with E-state index in [4.69, 9.17) is 10.3 Å². The Hall–Kier alpha value is -1.15. The van der Waals surface area contributed by atoms with Gasteiger partial charge >= 0.3 is 6.18 Å². The molecule has 0 amide bonds. The van der Waals surface area contributed by atoms with Gasteiger partial charge in [0.05, 0.1) is 6.61 Å². The van der Waals surface area contributed by atoms with Crippen LogP contribution in [-0.2, 0) is 11.2 Å². The van der Waals surface area contributed by atoms with Crippen LogP contribution in [0.5, 0.6) is 0 Å². The average Bonchev–Trinajstić information content (AvgIpc) is 3.01. The smallest absolute Gasteiger partial charge is 0.372 e. The summed E-state index contributed by atoms with van der Waals surface area (Å²) in [7, 11) is 0. The second-order valence-corrected chi connectivity index (χ2v) is 5.00. The van der Waals surface area contributed by atoms with E-state index >= 15 is 0 Å². The molecule has 0 radical (unpaired) electrons. The van der Waals surface area contributed by atoms with Gasteiger partial charge in [0.15, 0.2) is 5.82 Å². The number of nitrogens with zero attached hydrogens (tertiary/aromatic N) is 2. The highest BCUT2D eigenvalue weighted by Crippen LogP contribution is 2.38. The van der Waals surface area contributed by atoms with E-state index in [9.17, 15) is 13.2 Å². The van der Waals surface area contributed by atoms with Crippen LogP contribution in [0.1, 0.15) is 36.9 Å². The van der Waals surface area contributed by atoms with Gasteiger partial charge < -0.3 is 15.0 Å². The molecule has 5 nitrogen and oxygen atoms in total. The van der Waals surface area contributed by atoms with E-state index in [1.807, 2.05) is 0 Å². The fourth-order valence-corrected chi connectivity index (χ4v) is 2.52. The maximum atomic E-state index is 11.9. The first-order valence-corrected chi connectivity index (χ1v) is 6.66. The number of aromatic nitrogens is 2. The molecule has 0 bridgehead atoms. The van der Waals surface area contributed by atoms with E-state index in [-0.39, 0.29) is 18.9 Å². The van der Waals surface area contributed by atoms with E-state index in [1.54, 1.807) is 0 Å². The molecule has 0 saturated heterocycles. The molecular weight excluding hydrogens is 275 g/mol. The normalized spacial score (nSPS) is 23.4. The standard InChI is InChI=1S/C12H18F3N3O2/c13-12(14,15)7-19-5-4-10-17-11(20-18-10)9-3-1-2-8(9)6-16/h8-9H,1-7,16H2. The van der Waals surface area contributed by atoms with Gasteiger partial charge in [-0.25, -0.2) is 0 Å². The van der Waals surface area contributed by atoms with Crippen molar-refractivity contribution in [1.29, 1.82) is 0 Å². The molecule has 1 aromatic heterocycles. The third-order valence-corrected chi connectivity index (χ3v) is 3.50. The SMILES string of the molecule is NCC1CCCC1c1nc(CCOCC(F)(F)F)no1. The minimum absolute atomic E-state index is 0.0799. The molecule has 1 aliphatic rings. The van der Waals surface area contributed by atoms with Crippen molar-refractivity contribution in [3.05, 3.63) is 11.7 Å². The number of hydrogen-bond donors (Lipinski definition) is 1. The van der Waals surface area contributed by atoms with Gasteiger partial charge in [0.1, 0.15) is 6.61 Å². The summed E-state index contributed by atoms with van der Waals surface area (Å²) < 4.78 is 45.4. The summed E-state index contributed by atoms with van der Waals surface area (Å²) in [6, 6.07) is 0. The van der Waals surface area contributed by atoms with E-state index in [2.05, 4.69) is 14.9 Å². The fourth-order valence-electron chi connectivity index (χ4n) is 2.52. The molecule has 2 rings (SSSR count). The lowest BCUT2D eigenvalue weighted by Gasteiger charge is -2.12. The Morgan fingerprint density at radius 3 is 2.85 bits per heavy atom. The van der Waals surface area contributed by atoms with Crippen molar-refractivity contribution in [2.45, 2.75) is 37.8 Å². The molecule has 0 aromatic carbocycles. The van der Waals surface area contributed by atoms with Gasteiger partial charge in [-0.3, -0.25) is 0 Å². The molecule has 1 fully saturated rings. The minimum atomic E-state index is -4.30. The van der Waals surface area contributed by atoms with Gasteiger partial charge in [-0.2, -0.15) is 18.2 Å². The number of alkyl halides is 3.